The van der Waals surface area contributed by atoms with E-state index in [2.05, 4.69) is 10.3 Å². The highest BCUT2D eigenvalue weighted by atomic mass is 35.5. The Hall–Kier alpha value is -1.98. The average Bonchev–Trinajstić information content (AvgIpc) is 3.16. The predicted molar refractivity (Wildman–Crippen MR) is 109 cm³/mol. The minimum atomic E-state index is -1.12. The topological polar surface area (TPSA) is 82.2 Å². The molecule has 0 radical (unpaired) electrons. The molecule has 5 nitrogen and oxygen atoms in total. The Kier molecular flexibility index (Phi) is 4.04. The molecule has 1 aromatic carbocycles. The predicted octanol–water partition coefficient (Wildman–Crippen LogP) is 4.88. The first-order chi connectivity index (χ1) is 13.3. The first kappa shape index (κ1) is 18.1. The van der Waals surface area contributed by atoms with Crippen LogP contribution < -0.4 is 5.32 Å². The second-order valence-electron chi connectivity index (χ2n) is 8.55. The molecule has 146 valence electrons. The first-order valence-corrected chi connectivity index (χ1v) is 10.3. The normalized spacial score (nSPS) is 30.6. The highest BCUT2D eigenvalue weighted by molar-refractivity contribution is 6.39. The summed E-state index contributed by atoms with van der Waals surface area (Å²) in [6.07, 6.45) is 8.87. The van der Waals surface area contributed by atoms with Gasteiger partial charge in [0.15, 0.2) is 0 Å². The highest BCUT2D eigenvalue weighted by Gasteiger charge is 2.58. The minimum absolute atomic E-state index is 0.0118. The number of carboxylic acid groups (broad SMARTS) is 1. The molecule has 4 aliphatic carbocycles. The van der Waals surface area contributed by atoms with Gasteiger partial charge in [0.05, 0.1) is 5.02 Å². The van der Waals surface area contributed by atoms with E-state index < -0.39 is 5.97 Å². The van der Waals surface area contributed by atoms with Crippen LogP contribution in [-0.2, 0) is 4.79 Å². The molecule has 0 saturated heterocycles. The summed E-state index contributed by atoms with van der Waals surface area (Å²) in [7, 11) is 0. The summed E-state index contributed by atoms with van der Waals surface area (Å²) >= 11 is 12.3. The number of aromatic amines is 1. The molecule has 2 unspecified atom stereocenters. The fourth-order valence-electron chi connectivity index (χ4n) is 6.05. The van der Waals surface area contributed by atoms with Gasteiger partial charge in [-0.2, -0.15) is 0 Å². The van der Waals surface area contributed by atoms with E-state index >= 15 is 0 Å². The lowest BCUT2D eigenvalue weighted by Crippen LogP contribution is -2.48. The standard InChI is InChI=1S/C21H20Cl2N2O3/c22-13-6-15(23)18-14(19(20(27)28)24-16(18)7-13)1-2-17(26)25-21-8-10-3-11(9-21)5-12(21)4-10/h1-2,6-7,10-12,24H,3-5,8-9H2,(H,25,26)(H,27,28)/b2-1+/t10-,11+,12?,21?. The maximum absolute atomic E-state index is 12.7. The molecule has 3 N–H and O–H groups in total. The van der Waals surface area contributed by atoms with Crippen LogP contribution in [0.4, 0.5) is 0 Å². The van der Waals surface area contributed by atoms with Crippen molar-refractivity contribution in [3.63, 3.8) is 0 Å². The van der Waals surface area contributed by atoms with Crippen molar-refractivity contribution < 1.29 is 14.7 Å². The number of hydrogen-bond acceptors (Lipinski definition) is 2. The number of fused-ring (bicyclic) bond motifs is 1. The fourth-order valence-corrected chi connectivity index (χ4v) is 6.65. The molecular weight excluding hydrogens is 399 g/mol. The van der Waals surface area contributed by atoms with Gasteiger partial charge in [0.25, 0.3) is 0 Å². The monoisotopic (exact) mass is 418 g/mol. The van der Waals surface area contributed by atoms with E-state index in [1.54, 1.807) is 12.1 Å². The molecule has 4 fully saturated rings. The lowest BCUT2D eigenvalue weighted by atomic mass is 9.80. The summed E-state index contributed by atoms with van der Waals surface area (Å²) in [5, 5.41) is 14.1. The Morgan fingerprint density at radius 1 is 1.18 bits per heavy atom. The van der Waals surface area contributed by atoms with Gasteiger partial charge in [-0.05, 0) is 68.1 Å². The summed E-state index contributed by atoms with van der Waals surface area (Å²) in [5.41, 5.74) is 0.840. The second-order valence-corrected chi connectivity index (χ2v) is 9.40. The number of hydrogen-bond donors (Lipinski definition) is 3. The van der Waals surface area contributed by atoms with Gasteiger partial charge < -0.3 is 15.4 Å². The largest absolute Gasteiger partial charge is 0.477 e. The molecular formula is C21H20Cl2N2O3. The molecule has 0 aliphatic heterocycles. The van der Waals surface area contributed by atoms with Gasteiger partial charge in [-0.1, -0.05) is 23.2 Å². The number of benzene rings is 1. The van der Waals surface area contributed by atoms with Gasteiger partial charge in [-0.15, -0.1) is 0 Å². The number of rotatable bonds is 4. The molecule has 28 heavy (non-hydrogen) atoms. The van der Waals surface area contributed by atoms with Crippen LogP contribution >= 0.6 is 23.2 Å². The van der Waals surface area contributed by atoms with E-state index in [4.69, 9.17) is 23.2 Å². The number of aromatic nitrogens is 1. The number of carbonyl (C=O) groups excluding carboxylic acids is 1. The Morgan fingerprint density at radius 3 is 2.57 bits per heavy atom. The summed E-state index contributed by atoms with van der Waals surface area (Å²) in [5.74, 6) is 0.792. The van der Waals surface area contributed by atoms with Gasteiger partial charge in [-0.3, -0.25) is 4.79 Å². The third kappa shape index (κ3) is 2.75. The third-order valence-electron chi connectivity index (χ3n) is 6.83. The van der Waals surface area contributed by atoms with Gasteiger partial charge >= 0.3 is 5.97 Å². The zero-order valence-corrected chi connectivity index (χ0v) is 16.6. The van der Waals surface area contributed by atoms with Crippen LogP contribution in [0.15, 0.2) is 18.2 Å². The third-order valence-corrected chi connectivity index (χ3v) is 7.35. The summed E-state index contributed by atoms with van der Waals surface area (Å²) in [6, 6.07) is 3.19. The van der Waals surface area contributed by atoms with Crippen molar-refractivity contribution in [2.24, 2.45) is 17.8 Å². The SMILES string of the molecule is O=C(/C=C/c1c(C(=O)O)[nH]c2cc(Cl)cc(Cl)c12)NC12C[C@@H]3CC1C[C@@H](C3)C2. The second kappa shape index (κ2) is 6.26. The number of halogens is 2. The summed E-state index contributed by atoms with van der Waals surface area (Å²) in [6.45, 7) is 0. The van der Waals surface area contributed by atoms with E-state index in [1.165, 1.54) is 31.4 Å². The number of carbonyl (C=O) groups is 2. The molecule has 7 heteroatoms. The zero-order valence-electron chi connectivity index (χ0n) is 15.1. The quantitative estimate of drug-likeness (QED) is 0.618. The molecule has 4 atom stereocenters. The lowest BCUT2D eigenvalue weighted by Gasteiger charge is -2.33. The van der Waals surface area contributed by atoms with Crippen LogP contribution in [0.1, 0.15) is 48.2 Å². The molecule has 1 amide bonds. The minimum Gasteiger partial charge on any atom is -0.477 e. The summed E-state index contributed by atoms with van der Waals surface area (Å²) < 4.78 is 0. The Bertz CT molecular complexity index is 1030. The van der Waals surface area contributed by atoms with Crippen LogP contribution in [-0.4, -0.2) is 27.5 Å². The maximum Gasteiger partial charge on any atom is 0.352 e. The van der Waals surface area contributed by atoms with Crippen LogP contribution in [0.5, 0.6) is 0 Å². The van der Waals surface area contributed by atoms with Crippen molar-refractivity contribution in [3.05, 3.63) is 39.5 Å². The van der Waals surface area contributed by atoms with Crippen LogP contribution in [0.25, 0.3) is 17.0 Å². The molecule has 0 spiro atoms. The van der Waals surface area contributed by atoms with Crippen LogP contribution in [0.2, 0.25) is 10.0 Å². The average molecular weight is 419 g/mol. The smallest absolute Gasteiger partial charge is 0.352 e. The van der Waals surface area contributed by atoms with E-state index in [0.717, 1.165) is 24.7 Å². The Labute approximate surface area is 172 Å². The zero-order chi connectivity index (χ0) is 19.6. The van der Waals surface area contributed by atoms with Gasteiger partial charge in [0.1, 0.15) is 5.69 Å². The molecule has 1 aromatic heterocycles. The Morgan fingerprint density at radius 2 is 1.89 bits per heavy atom. The molecule has 4 bridgehead atoms. The van der Waals surface area contributed by atoms with Crippen molar-refractivity contribution in [2.45, 2.75) is 37.6 Å². The van der Waals surface area contributed by atoms with E-state index in [1.807, 2.05) is 0 Å². The van der Waals surface area contributed by atoms with Gasteiger partial charge in [0, 0.05) is 33.1 Å². The van der Waals surface area contributed by atoms with Crippen molar-refractivity contribution in [1.29, 1.82) is 0 Å². The van der Waals surface area contributed by atoms with Gasteiger partial charge in [0.2, 0.25) is 5.91 Å². The van der Waals surface area contributed by atoms with E-state index in [9.17, 15) is 14.7 Å². The molecule has 6 rings (SSSR count). The molecule has 4 saturated carbocycles. The van der Waals surface area contributed by atoms with E-state index in [0.29, 0.717) is 32.4 Å². The maximum atomic E-state index is 12.7. The van der Waals surface area contributed by atoms with Crippen molar-refractivity contribution >= 4 is 52.1 Å². The number of amides is 1. The Balaban J connectivity index is 1.45. The van der Waals surface area contributed by atoms with Crippen LogP contribution in [0, 0.1) is 17.8 Å². The van der Waals surface area contributed by atoms with Crippen molar-refractivity contribution in [3.8, 4) is 0 Å². The number of carboxylic acids is 1. The molecule has 4 aliphatic rings. The summed E-state index contributed by atoms with van der Waals surface area (Å²) in [4.78, 5) is 27.2. The number of aromatic carboxylic acids is 1. The van der Waals surface area contributed by atoms with E-state index in [-0.39, 0.29) is 17.1 Å². The lowest BCUT2D eigenvalue weighted by molar-refractivity contribution is -0.118. The number of H-pyrrole nitrogens is 1. The number of nitrogens with one attached hydrogen (secondary N) is 2. The van der Waals surface area contributed by atoms with Crippen LogP contribution in [0.3, 0.4) is 0 Å². The fraction of sp³-hybridized carbons (Fsp3) is 0.429. The van der Waals surface area contributed by atoms with Crippen molar-refractivity contribution in [1.82, 2.24) is 10.3 Å². The molecule has 1 heterocycles. The highest BCUT2D eigenvalue weighted by Crippen LogP contribution is 2.60. The first-order valence-electron chi connectivity index (χ1n) is 9.59. The van der Waals surface area contributed by atoms with Gasteiger partial charge in [-0.25, -0.2) is 4.79 Å². The molecule has 2 aromatic rings. The van der Waals surface area contributed by atoms with Crippen molar-refractivity contribution in [2.75, 3.05) is 0 Å².